The summed E-state index contributed by atoms with van der Waals surface area (Å²) in [4.78, 5) is 14.6. The maximum absolute atomic E-state index is 12.2. The molecule has 5 nitrogen and oxygen atoms in total. The highest BCUT2D eigenvalue weighted by atomic mass is 16.5. The van der Waals surface area contributed by atoms with Crippen LogP contribution in [0, 0.1) is 0 Å². The van der Waals surface area contributed by atoms with E-state index in [0.717, 1.165) is 36.0 Å². The molecule has 1 aliphatic heterocycles. The molecule has 1 heterocycles. The van der Waals surface area contributed by atoms with Crippen molar-refractivity contribution in [2.24, 2.45) is 0 Å². The van der Waals surface area contributed by atoms with Crippen LogP contribution in [0.3, 0.4) is 0 Å². The van der Waals surface area contributed by atoms with Crippen molar-refractivity contribution in [3.05, 3.63) is 77.9 Å². The fraction of sp³-hybridized carbons (Fsp3) is 0.346. The van der Waals surface area contributed by atoms with Crippen molar-refractivity contribution in [1.82, 2.24) is 10.2 Å². The molecule has 1 N–H and O–H groups in total. The van der Waals surface area contributed by atoms with Crippen LogP contribution in [0.2, 0.25) is 0 Å². The number of nitrogens with zero attached hydrogens (tertiary/aromatic N) is 1. The van der Waals surface area contributed by atoms with Crippen molar-refractivity contribution >= 4 is 16.7 Å². The van der Waals surface area contributed by atoms with Gasteiger partial charge < -0.3 is 14.8 Å². The minimum atomic E-state index is -0.131. The quantitative estimate of drug-likeness (QED) is 0.626. The van der Waals surface area contributed by atoms with E-state index in [0.29, 0.717) is 12.3 Å². The summed E-state index contributed by atoms with van der Waals surface area (Å²) in [5, 5.41) is 5.18. The Balaban J connectivity index is 1.22. The smallest absolute Gasteiger partial charge is 0.258 e. The van der Waals surface area contributed by atoms with Gasteiger partial charge in [-0.15, -0.1) is 0 Å². The van der Waals surface area contributed by atoms with E-state index in [1.807, 2.05) is 36.4 Å². The van der Waals surface area contributed by atoms with Gasteiger partial charge in [0.1, 0.15) is 5.75 Å². The molecule has 1 amide bonds. The monoisotopic (exact) mass is 418 g/mol. The fourth-order valence-electron chi connectivity index (χ4n) is 4.09. The second kappa shape index (κ2) is 9.94. The van der Waals surface area contributed by atoms with Crippen LogP contribution in [0.25, 0.3) is 10.8 Å². The molecule has 2 atom stereocenters. The van der Waals surface area contributed by atoms with Gasteiger partial charge in [-0.2, -0.15) is 0 Å². The van der Waals surface area contributed by atoms with E-state index in [1.165, 1.54) is 5.56 Å². The van der Waals surface area contributed by atoms with Crippen molar-refractivity contribution in [3.63, 3.8) is 0 Å². The summed E-state index contributed by atoms with van der Waals surface area (Å²) in [7, 11) is 0. The largest absolute Gasteiger partial charge is 0.484 e. The van der Waals surface area contributed by atoms with Crippen LogP contribution >= 0.6 is 0 Å². The van der Waals surface area contributed by atoms with Gasteiger partial charge in [-0.25, -0.2) is 0 Å². The molecule has 5 heteroatoms. The Morgan fingerprint density at radius 1 is 0.968 bits per heavy atom. The van der Waals surface area contributed by atoms with E-state index < -0.39 is 0 Å². The van der Waals surface area contributed by atoms with Gasteiger partial charge in [0.2, 0.25) is 0 Å². The molecule has 2 unspecified atom stereocenters. The summed E-state index contributed by atoms with van der Waals surface area (Å²) in [5.41, 5.74) is 2.35. The standard InChI is InChI=1S/C26H30N2O3/c1-19-15-28(16-20(2)31-19)17-22-9-7-21(8-10-22)14-27-26(29)18-30-25-12-11-23-5-3-4-6-24(23)13-25/h3-13,19-20H,14-18H2,1-2H3,(H,27,29). The summed E-state index contributed by atoms with van der Waals surface area (Å²) < 4.78 is 11.5. The Kier molecular flexibility index (Phi) is 6.85. The van der Waals surface area contributed by atoms with Gasteiger partial charge in [0.25, 0.3) is 5.91 Å². The number of morpholine rings is 1. The second-order valence-electron chi connectivity index (χ2n) is 8.34. The Labute approximate surface area is 184 Å². The van der Waals surface area contributed by atoms with E-state index >= 15 is 0 Å². The van der Waals surface area contributed by atoms with Crippen LogP contribution in [0.4, 0.5) is 0 Å². The zero-order chi connectivity index (χ0) is 21.6. The Bertz CT molecular complexity index is 1010. The predicted molar refractivity (Wildman–Crippen MR) is 123 cm³/mol. The first-order valence-corrected chi connectivity index (χ1v) is 10.9. The molecule has 1 fully saturated rings. The lowest BCUT2D eigenvalue weighted by Gasteiger charge is -2.35. The molecule has 0 saturated carbocycles. The predicted octanol–water partition coefficient (Wildman–Crippen LogP) is 4.14. The molecule has 162 valence electrons. The maximum atomic E-state index is 12.2. The number of carbonyl (C=O) groups excluding carboxylic acids is 1. The Hall–Kier alpha value is -2.89. The normalized spacial score (nSPS) is 19.3. The number of hydrogen-bond acceptors (Lipinski definition) is 4. The van der Waals surface area contributed by atoms with Gasteiger partial charge in [-0.1, -0.05) is 54.6 Å². The average molecular weight is 419 g/mol. The molecule has 31 heavy (non-hydrogen) atoms. The van der Waals surface area contributed by atoms with Crippen molar-refractivity contribution in [1.29, 1.82) is 0 Å². The lowest BCUT2D eigenvalue weighted by Crippen LogP contribution is -2.44. The van der Waals surface area contributed by atoms with E-state index in [9.17, 15) is 4.79 Å². The topological polar surface area (TPSA) is 50.8 Å². The minimum Gasteiger partial charge on any atom is -0.484 e. The maximum Gasteiger partial charge on any atom is 0.258 e. The van der Waals surface area contributed by atoms with Crippen LogP contribution in [-0.2, 0) is 22.6 Å². The second-order valence-corrected chi connectivity index (χ2v) is 8.34. The lowest BCUT2D eigenvalue weighted by molar-refractivity contribution is -0.123. The van der Waals surface area contributed by atoms with Crippen molar-refractivity contribution in [2.75, 3.05) is 19.7 Å². The number of hydrogen-bond donors (Lipinski definition) is 1. The van der Waals surface area contributed by atoms with Gasteiger partial charge in [-0.05, 0) is 47.9 Å². The number of benzene rings is 3. The van der Waals surface area contributed by atoms with Crippen molar-refractivity contribution < 1.29 is 14.3 Å². The van der Waals surface area contributed by atoms with Crippen LogP contribution in [-0.4, -0.2) is 42.7 Å². The van der Waals surface area contributed by atoms with E-state index in [1.54, 1.807) is 0 Å². The highest BCUT2D eigenvalue weighted by Gasteiger charge is 2.21. The minimum absolute atomic E-state index is 0.00379. The lowest BCUT2D eigenvalue weighted by atomic mass is 10.1. The van der Waals surface area contributed by atoms with Gasteiger partial charge >= 0.3 is 0 Å². The molecule has 0 aliphatic carbocycles. The summed E-state index contributed by atoms with van der Waals surface area (Å²) in [6.07, 6.45) is 0.546. The molecule has 0 radical (unpaired) electrons. The number of amides is 1. The number of carbonyl (C=O) groups is 1. The van der Waals surface area contributed by atoms with Crippen LogP contribution < -0.4 is 10.1 Å². The van der Waals surface area contributed by atoms with E-state index in [4.69, 9.17) is 9.47 Å². The zero-order valence-corrected chi connectivity index (χ0v) is 18.2. The molecule has 0 spiro atoms. The third kappa shape index (κ3) is 6.06. The van der Waals surface area contributed by atoms with E-state index in [2.05, 4.69) is 54.4 Å². The highest BCUT2D eigenvalue weighted by Crippen LogP contribution is 2.20. The van der Waals surface area contributed by atoms with Crippen molar-refractivity contribution in [2.45, 2.75) is 39.1 Å². The van der Waals surface area contributed by atoms with Gasteiger partial charge in [0.05, 0.1) is 12.2 Å². The Morgan fingerprint density at radius 2 is 1.65 bits per heavy atom. The molecule has 4 rings (SSSR count). The summed E-state index contributed by atoms with van der Waals surface area (Å²) in [5.74, 6) is 0.568. The molecular formula is C26H30N2O3. The van der Waals surface area contributed by atoms with E-state index in [-0.39, 0.29) is 24.7 Å². The average Bonchev–Trinajstić information content (AvgIpc) is 2.76. The van der Waals surface area contributed by atoms with Gasteiger partial charge in [0.15, 0.2) is 6.61 Å². The fourth-order valence-corrected chi connectivity index (χ4v) is 4.09. The SMILES string of the molecule is CC1CN(Cc2ccc(CNC(=O)COc3ccc4ccccc4c3)cc2)CC(C)O1. The highest BCUT2D eigenvalue weighted by molar-refractivity contribution is 5.84. The summed E-state index contributed by atoms with van der Waals surface area (Å²) in [6.45, 7) is 7.58. The molecule has 0 bridgehead atoms. The summed E-state index contributed by atoms with van der Waals surface area (Å²) >= 11 is 0. The molecule has 1 aliphatic rings. The number of fused-ring (bicyclic) bond motifs is 1. The third-order valence-electron chi connectivity index (χ3n) is 5.50. The molecule has 1 saturated heterocycles. The van der Waals surface area contributed by atoms with Crippen LogP contribution in [0.1, 0.15) is 25.0 Å². The van der Waals surface area contributed by atoms with Crippen molar-refractivity contribution in [3.8, 4) is 5.75 Å². The number of nitrogens with one attached hydrogen (secondary N) is 1. The molecule has 3 aromatic carbocycles. The Morgan fingerprint density at radius 3 is 2.39 bits per heavy atom. The number of ether oxygens (including phenoxy) is 2. The molecule has 0 aromatic heterocycles. The summed E-state index contributed by atoms with van der Waals surface area (Å²) in [6, 6.07) is 22.4. The molecule has 3 aromatic rings. The third-order valence-corrected chi connectivity index (χ3v) is 5.50. The first-order valence-electron chi connectivity index (χ1n) is 10.9. The van der Waals surface area contributed by atoms with Gasteiger partial charge in [0, 0.05) is 26.2 Å². The first-order chi connectivity index (χ1) is 15.0. The molecular weight excluding hydrogens is 388 g/mol. The van der Waals surface area contributed by atoms with Crippen LogP contribution in [0.15, 0.2) is 66.7 Å². The number of rotatable bonds is 7. The first kappa shape index (κ1) is 21.3. The zero-order valence-electron chi connectivity index (χ0n) is 18.2. The van der Waals surface area contributed by atoms with Crippen LogP contribution in [0.5, 0.6) is 5.75 Å². The van der Waals surface area contributed by atoms with Gasteiger partial charge in [-0.3, -0.25) is 9.69 Å².